The third-order valence-electron chi connectivity index (χ3n) is 4.54. The van der Waals surface area contributed by atoms with Crippen LogP contribution in [0.5, 0.6) is 0 Å². The lowest BCUT2D eigenvalue weighted by Crippen LogP contribution is -2.20. The average molecular weight is 447 g/mol. The van der Waals surface area contributed by atoms with E-state index in [2.05, 4.69) is 9.82 Å². The minimum Gasteiger partial charge on any atom is -0.305 e. The molecule has 3 rings (SSSR count). The van der Waals surface area contributed by atoms with Gasteiger partial charge in [0.15, 0.2) is 0 Å². The molecule has 2 aromatic carbocycles. The number of hydrogen-bond acceptors (Lipinski definition) is 4. The molecule has 30 heavy (non-hydrogen) atoms. The maximum atomic E-state index is 13.0. The Bertz CT molecular complexity index is 1130. The molecule has 0 aliphatic rings. The fraction of sp³-hybridized carbons (Fsp3) is 0.318. The summed E-state index contributed by atoms with van der Waals surface area (Å²) >= 11 is 6.59. The van der Waals surface area contributed by atoms with Gasteiger partial charge in [0, 0.05) is 28.9 Å². The minimum atomic E-state index is -3.77. The first kappa shape index (κ1) is 22.3. The van der Waals surface area contributed by atoms with E-state index >= 15 is 0 Å². The summed E-state index contributed by atoms with van der Waals surface area (Å²) in [6.45, 7) is 6.84. The highest BCUT2D eigenvalue weighted by molar-refractivity contribution is 7.92. The van der Waals surface area contributed by atoms with Crippen LogP contribution in [0, 0.1) is 0 Å². The SMILES string of the molecule is CN(C)Cc1cnn(-c2c(NS(=O)(=O)c3ccccc3)ccc(Cl)c2C(C)(C)C)c1. The van der Waals surface area contributed by atoms with Gasteiger partial charge in [0.05, 0.1) is 22.5 Å². The molecule has 0 bridgehead atoms. The largest absolute Gasteiger partial charge is 0.305 e. The quantitative estimate of drug-likeness (QED) is 0.596. The summed E-state index contributed by atoms with van der Waals surface area (Å²) in [6.07, 6.45) is 3.68. The Morgan fingerprint density at radius 3 is 2.37 bits per heavy atom. The molecule has 0 radical (unpaired) electrons. The highest BCUT2D eigenvalue weighted by Crippen LogP contribution is 2.39. The Morgan fingerprint density at radius 2 is 1.77 bits per heavy atom. The summed E-state index contributed by atoms with van der Waals surface area (Å²) in [5.74, 6) is 0. The molecule has 0 fully saturated rings. The van der Waals surface area contributed by atoms with Crippen molar-refractivity contribution in [2.75, 3.05) is 18.8 Å². The van der Waals surface area contributed by atoms with Crippen LogP contribution in [0.2, 0.25) is 5.02 Å². The predicted molar refractivity (Wildman–Crippen MR) is 122 cm³/mol. The lowest BCUT2D eigenvalue weighted by Gasteiger charge is -2.26. The molecule has 0 aliphatic heterocycles. The lowest BCUT2D eigenvalue weighted by atomic mass is 9.85. The van der Waals surface area contributed by atoms with Crippen LogP contribution in [0.15, 0.2) is 59.8 Å². The number of halogens is 1. The number of sulfonamides is 1. The Kier molecular flexibility index (Phi) is 6.26. The smallest absolute Gasteiger partial charge is 0.261 e. The zero-order valence-corrected chi connectivity index (χ0v) is 19.4. The second-order valence-corrected chi connectivity index (χ2v) is 10.6. The van der Waals surface area contributed by atoms with E-state index in [0.717, 1.165) is 17.7 Å². The van der Waals surface area contributed by atoms with Gasteiger partial charge < -0.3 is 4.90 Å². The van der Waals surface area contributed by atoms with Gasteiger partial charge in [-0.15, -0.1) is 0 Å². The predicted octanol–water partition coefficient (Wildman–Crippen LogP) is 4.69. The van der Waals surface area contributed by atoms with Gasteiger partial charge in [-0.05, 0) is 43.8 Å². The second kappa shape index (κ2) is 8.41. The third-order valence-corrected chi connectivity index (χ3v) is 6.24. The van der Waals surface area contributed by atoms with E-state index in [4.69, 9.17) is 11.6 Å². The molecule has 0 spiro atoms. The van der Waals surface area contributed by atoms with Crippen molar-refractivity contribution < 1.29 is 8.42 Å². The van der Waals surface area contributed by atoms with Crippen LogP contribution in [0.25, 0.3) is 5.69 Å². The number of benzene rings is 2. The van der Waals surface area contributed by atoms with E-state index in [1.807, 2.05) is 46.0 Å². The Labute approximate surface area is 183 Å². The molecule has 6 nitrogen and oxygen atoms in total. The molecule has 0 aliphatic carbocycles. The zero-order chi connectivity index (χ0) is 22.1. The van der Waals surface area contributed by atoms with E-state index in [-0.39, 0.29) is 10.3 Å². The first-order valence-corrected chi connectivity index (χ1v) is 11.4. The summed E-state index contributed by atoms with van der Waals surface area (Å²) in [5, 5.41) is 5.07. The molecular weight excluding hydrogens is 420 g/mol. The minimum absolute atomic E-state index is 0.192. The number of rotatable bonds is 6. The number of nitrogens with zero attached hydrogens (tertiary/aromatic N) is 3. The average Bonchev–Trinajstić information content (AvgIpc) is 3.10. The number of aromatic nitrogens is 2. The Morgan fingerprint density at radius 1 is 1.10 bits per heavy atom. The van der Waals surface area contributed by atoms with E-state index in [1.54, 1.807) is 53.3 Å². The normalized spacial score (nSPS) is 12.4. The van der Waals surface area contributed by atoms with Gasteiger partial charge in [-0.25, -0.2) is 13.1 Å². The van der Waals surface area contributed by atoms with Crippen molar-refractivity contribution in [1.82, 2.24) is 14.7 Å². The number of nitrogens with one attached hydrogen (secondary N) is 1. The highest BCUT2D eigenvalue weighted by Gasteiger charge is 2.27. The van der Waals surface area contributed by atoms with E-state index in [1.165, 1.54) is 0 Å². The standard InChI is InChI=1S/C22H27ClN4O2S/c1-22(2,3)20-18(23)11-12-19(25-30(28,29)17-9-7-6-8-10-17)21(20)27-15-16(13-24-27)14-26(4)5/h6-13,15,25H,14H2,1-5H3. The highest BCUT2D eigenvalue weighted by atomic mass is 35.5. The van der Waals surface area contributed by atoms with Crippen molar-refractivity contribution in [2.45, 2.75) is 37.6 Å². The van der Waals surface area contributed by atoms with Crippen LogP contribution in [-0.2, 0) is 22.0 Å². The maximum absolute atomic E-state index is 13.0. The molecule has 3 aromatic rings. The monoisotopic (exact) mass is 446 g/mol. The summed E-state index contributed by atoms with van der Waals surface area (Å²) < 4.78 is 30.4. The van der Waals surface area contributed by atoms with Crippen molar-refractivity contribution >= 4 is 27.3 Å². The maximum Gasteiger partial charge on any atom is 0.261 e. The fourth-order valence-electron chi connectivity index (χ4n) is 3.33. The van der Waals surface area contributed by atoms with Gasteiger partial charge in [-0.1, -0.05) is 50.6 Å². The molecule has 8 heteroatoms. The Hall–Kier alpha value is -2.35. The fourth-order valence-corrected chi connectivity index (χ4v) is 4.86. The summed E-state index contributed by atoms with van der Waals surface area (Å²) in [6, 6.07) is 11.7. The van der Waals surface area contributed by atoms with E-state index < -0.39 is 10.0 Å². The van der Waals surface area contributed by atoms with Gasteiger partial charge in [-0.3, -0.25) is 4.72 Å². The van der Waals surface area contributed by atoms with Crippen molar-refractivity contribution in [2.24, 2.45) is 0 Å². The summed E-state index contributed by atoms with van der Waals surface area (Å²) in [4.78, 5) is 2.24. The first-order valence-electron chi connectivity index (χ1n) is 9.58. The van der Waals surface area contributed by atoms with E-state index in [9.17, 15) is 8.42 Å². The molecule has 0 unspecified atom stereocenters. The second-order valence-electron chi connectivity index (χ2n) is 8.52. The van der Waals surface area contributed by atoms with Crippen molar-refractivity contribution in [1.29, 1.82) is 0 Å². The molecule has 0 atom stereocenters. The van der Waals surface area contributed by atoms with Gasteiger partial charge in [0.2, 0.25) is 0 Å². The summed E-state index contributed by atoms with van der Waals surface area (Å²) in [7, 11) is 0.192. The van der Waals surface area contributed by atoms with Crippen LogP contribution in [-0.4, -0.2) is 37.2 Å². The number of hydrogen-bond donors (Lipinski definition) is 1. The van der Waals surface area contributed by atoms with Gasteiger partial charge in [0.25, 0.3) is 10.0 Å². The first-order chi connectivity index (χ1) is 14.0. The van der Waals surface area contributed by atoms with Gasteiger partial charge in [0.1, 0.15) is 0 Å². The van der Waals surface area contributed by atoms with Crippen molar-refractivity contribution in [3.05, 3.63) is 71.0 Å². The van der Waals surface area contributed by atoms with Gasteiger partial charge >= 0.3 is 0 Å². The van der Waals surface area contributed by atoms with Gasteiger partial charge in [-0.2, -0.15) is 5.10 Å². The molecule has 0 saturated heterocycles. The number of anilines is 1. The third kappa shape index (κ3) is 4.86. The molecule has 0 amide bonds. The molecule has 0 saturated carbocycles. The van der Waals surface area contributed by atoms with Crippen LogP contribution < -0.4 is 4.72 Å². The zero-order valence-electron chi connectivity index (χ0n) is 17.8. The topological polar surface area (TPSA) is 67.2 Å². The van der Waals surface area contributed by atoms with Crippen LogP contribution >= 0.6 is 11.6 Å². The van der Waals surface area contributed by atoms with Crippen LogP contribution in [0.3, 0.4) is 0 Å². The molecule has 160 valence electrons. The molecular formula is C22H27ClN4O2S. The molecule has 1 N–H and O–H groups in total. The van der Waals surface area contributed by atoms with Crippen LogP contribution in [0.1, 0.15) is 31.9 Å². The molecule has 1 aromatic heterocycles. The Balaban J connectivity index is 2.18. The molecule has 1 heterocycles. The van der Waals surface area contributed by atoms with Crippen LogP contribution in [0.4, 0.5) is 5.69 Å². The van der Waals surface area contributed by atoms with Crippen molar-refractivity contribution in [3.63, 3.8) is 0 Å². The van der Waals surface area contributed by atoms with Crippen molar-refractivity contribution in [3.8, 4) is 5.69 Å². The van der Waals surface area contributed by atoms with E-state index in [0.29, 0.717) is 16.4 Å². The lowest BCUT2D eigenvalue weighted by molar-refractivity contribution is 0.402. The summed E-state index contributed by atoms with van der Waals surface area (Å²) in [5.41, 5.74) is 2.54.